The fraction of sp³-hybridized carbons (Fsp3) is 0.130. The fourth-order valence-corrected chi connectivity index (χ4v) is 3.36. The first-order valence-electron chi connectivity index (χ1n) is 9.01. The normalized spacial score (nSPS) is 10.6. The highest BCUT2D eigenvalue weighted by molar-refractivity contribution is 6.30. The summed E-state index contributed by atoms with van der Waals surface area (Å²) in [5.41, 5.74) is 1.67. The predicted octanol–water partition coefficient (Wildman–Crippen LogP) is 5.35. The number of rotatable bonds is 7. The van der Waals surface area contributed by atoms with Crippen molar-refractivity contribution in [3.63, 3.8) is 0 Å². The van der Waals surface area contributed by atoms with Crippen molar-refractivity contribution in [2.24, 2.45) is 0 Å². The Bertz CT molecular complexity index is 1090. The van der Waals surface area contributed by atoms with Crippen LogP contribution in [0, 0.1) is 12.7 Å². The quantitative estimate of drug-likeness (QED) is 0.529. The third kappa shape index (κ3) is 4.78. The molecule has 0 aliphatic heterocycles. The average Bonchev–Trinajstić information content (AvgIpc) is 2.70. The number of ether oxygens (including phenoxy) is 1. The van der Waals surface area contributed by atoms with Crippen LogP contribution in [0.2, 0.25) is 5.02 Å². The van der Waals surface area contributed by atoms with Crippen molar-refractivity contribution >= 4 is 23.5 Å². The highest BCUT2D eigenvalue weighted by Crippen LogP contribution is 2.28. The number of hydrogen-bond donors (Lipinski definition) is 2. The molecule has 0 saturated heterocycles. The third-order valence-corrected chi connectivity index (χ3v) is 4.99. The molecule has 30 heavy (non-hydrogen) atoms. The second-order valence-electron chi connectivity index (χ2n) is 6.72. The van der Waals surface area contributed by atoms with E-state index in [-0.39, 0.29) is 23.3 Å². The molecular formula is C23H18ClFO5. The van der Waals surface area contributed by atoms with Crippen LogP contribution < -0.4 is 4.74 Å². The standard InChI is InChI=1S/C23H18ClFO5/c1-13-19(22(26)27)11-15(10-14-2-4-16(24)5-3-14)20(21(13)23(28)29)12-30-18-8-6-17(25)7-9-18/h2-9,11H,10,12H2,1H3,(H,26,27)(H,28,29). The van der Waals surface area contributed by atoms with Gasteiger partial charge in [0.05, 0.1) is 11.1 Å². The lowest BCUT2D eigenvalue weighted by Crippen LogP contribution is -2.15. The molecular weight excluding hydrogens is 411 g/mol. The molecule has 0 heterocycles. The van der Waals surface area contributed by atoms with Gasteiger partial charge in [0, 0.05) is 10.6 Å². The van der Waals surface area contributed by atoms with Crippen LogP contribution in [-0.4, -0.2) is 22.2 Å². The second-order valence-corrected chi connectivity index (χ2v) is 7.15. The van der Waals surface area contributed by atoms with Crippen LogP contribution in [0.25, 0.3) is 0 Å². The van der Waals surface area contributed by atoms with E-state index in [9.17, 15) is 24.2 Å². The molecule has 0 spiro atoms. The van der Waals surface area contributed by atoms with Crippen molar-refractivity contribution in [2.75, 3.05) is 0 Å². The summed E-state index contributed by atoms with van der Waals surface area (Å²) in [5, 5.41) is 19.9. The first kappa shape index (κ1) is 21.3. The zero-order chi connectivity index (χ0) is 21.8. The summed E-state index contributed by atoms with van der Waals surface area (Å²) in [7, 11) is 0. The molecule has 0 atom stereocenters. The summed E-state index contributed by atoms with van der Waals surface area (Å²) < 4.78 is 18.8. The van der Waals surface area contributed by atoms with E-state index >= 15 is 0 Å². The van der Waals surface area contributed by atoms with Crippen LogP contribution in [-0.2, 0) is 13.0 Å². The SMILES string of the molecule is Cc1c(C(=O)O)cc(Cc2ccc(Cl)cc2)c(COc2ccc(F)cc2)c1C(=O)O. The predicted molar refractivity (Wildman–Crippen MR) is 110 cm³/mol. The van der Waals surface area contributed by atoms with E-state index in [0.717, 1.165) is 5.56 Å². The Morgan fingerprint density at radius 3 is 2.20 bits per heavy atom. The van der Waals surface area contributed by atoms with Gasteiger partial charge >= 0.3 is 11.9 Å². The maximum atomic E-state index is 13.1. The number of hydrogen-bond acceptors (Lipinski definition) is 3. The molecule has 5 nitrogen and oxygen atoms in total. The van der Waals surface area contributed by atoms with Crippen molar-refractivity contribution in [1.82, 2.24) is 0 Å². The molecule has 3 rings (SSSR count). The van der Waals surface area contributed by atoms with Gasteiger partial charge in [-0.3, -0.25) is 0 Å². The summed E-state index contributed by atoms with van der Waals surface area (Å²) in [6.07, 6.45) is 0.292. The summed E-state index contributed by atoms with van der Waals surface area (Å²) in [6.45, 7) is 1.34. The molecule has 0 aliphatic rings. The maximum Gasteiger partial charge on any atom is 0.336 e. The Morgan fingerprint density at radius 2 is 1.63 bits per heavy atom. The van der Waals surface area contributed by atoms with Gasteiger partial charge in [-0.05, 0) is 72.5 Å². The van der Waals surface area contributed by atoms with E-state index < -0.39 is 17.8 Å². The van der Waals surface area contributed by atoms with Crippen LogP contribution in [0.1, 0.15) is 43.0 Å². The van der Waals surface area contributed by atoms with Crippen LogP contribution in [0.4, 0.5) is 4.39 Å². The second kappa shape index (κ2) is 8.97. The maximum absolute atomic E-state index is 13.1. The molecule has 3 aromatic carbocycles. The average molecular weight is 429 g/mol. The number of benzene rings is 3. The van der Waals surface area contributed by atoms with Gasteiger partial charge in [0.1, 0.15) is 18.2 Å². The smallest absolute Gasteiger partial charge is 0.336 e. The van der Waals surface area contributed by atoms with Crippen LogP contribution in [0.3, 0.4) is 0 Å². The fourth-order valence-electron chi connectivity index (χ4n) is 3.23. The monoisotopic (exact) mass is 428 g/mol. The highest BCUT2D eigenvalue weighted by Gasteiger charge is 2.24. The number of halogens is 2. The molecule has 3 aromatic rings. The molecule has 0 bridgehead atoms. The van der Waals surface area contributed by atoms with Crippen molar-refractivity contribution in [3.8, 4) is 5.75 Å². The molecule has 0 saturated carbocycles. The Balaban J connectivity index is 2.08. The minimum absolute atomic E-state index is 0.0816. The van der Waals surface area contributed by atoms with Crippen LogP contribution >= 0.6 is 11.6 Å². The molecule has 0 aliphatic carbocycles. The zero-order valence-corrected chi connectivity index (χ0v) is 16.7. The lowest BCUT2D eigenvalue weighted by atomic mass is 9.89. The Labute approximate surface area is 177 Å². The minimum atomic E-state index is -1.24. The lowest BCUT2D eigenvalue weighted by Gasteiger charge is -2.18. The van der Waals surface area contributed by atoms with E-state index in [2.05, 4.69) is 0 Å². The molecule has 0 radical (unpaired) electrons. The van der Waals surface area contributed by atoms with Crippen LogP contribution in [0.15, 0.2) is 54.6 Å². The first-order chi connectivity index (χ1) is 14.3. The molecule has 0 amide bonds. The Kier molecular flexibility index (Phi) is 6.37. The largest absolute Gasteiger partial charge is 0.489 e. The molecule has 0 aromatic heterocycles. The Hall–Kier alpha value is -3.38. The van der Waals surface area contributed by atoms with Gasteiger partial charge in [-0.15, -0.1) is 0 Å². The summed E-state index contributed by atoms with van der Waals surface area (Å²) >= 11 is 5.93. The number of carbonyl (C=O) groups is 2. The van der Waals surface area contributed by atoms with E-state index in [1.807, 2.05) is 0 Å². The van der Waals surface area contributed by atoms with Crippen molar-refractivity contribution in [1.29, 1.82) is 0 Å². The molecule has 2 N–H and O–H groups in total. The third-order valence-electron chi connectivity index (χ3n) is 4.74. The van der Waals surface area contributed by atoms with Gasteiger partial charge in [0.2, 0.25) is 0 Å². The van der Waals surface area contributed by atoms with Gasteiger partial charge in [-0.25, -0.2) is 14.0 Å². The lowest BCUT2D eigenvalue weighted by molar-refractivity contribution is 0.0693. The van der Waals surface area contributed by atoms with Gasteiger partial charge in [0.25, 0.3) is 0 Å². The minimum Gasteiger partial charge on any atom is -0.489 e. The highest BCUT2D eigenvalue weighted by atomic mass is 35.5. The van der Waals surface area contributed by atoms with Gasteiger partial charge in [-0.2, -0.15) is 0 Å². The van der Waals surface area contributed by atoms with Crippen molar-refractivity contribution in [2.45, 2.75) is 20.0 Å². The van der Waals surface area contributed by atoms with Gasteiger partial charge in [0.15, 0.2) is 0 Å². The Morgan fingerprint density at radius 1 is 1.00 bits per heavy atom. The van der Waals surface area contributed by atoms with Crippen molar-refractivity contribution in [3.05, 3.63) is 98.8 Å². The van der Waals surface area contributed by atoms with Crippen molar-refractivity contribution < 1.29 is 28.9 Å². The molecule has 154 valence electrons. The van der Waals surface area contributed by atoms with E-state index in [0.29, 0.717) is 28.3 Å². The topological polar surface area (TPSA) is 83.8 Å². The summed E-state index contributed by atoms with van der Waals surface area (Å²) in [6, 6.07) is 13.8. The summed E-state index contributed by atoms with van der Waals surface area (Å²) in [4.78, 5) is 23.7. The van der Waals surface area contributed by atoms with E-state index in [1.54, 1.807) is 24.3 Å². The summed E-state index contributed by atoms with van der Waals surface area (Å²) in [5.74, 6) is -2.51. The number of aromatic carboxylic acids is 2. The van der Waals surface area contributed by atoms with E-state index in [4.69, 9.17) is 16.3 Å². The molecule has 7 heteroatoms. The van der Waals surface area contributed by atoms with Gasteiger partial charge < -0.3 is 14.9 Å². The van der Waals surface area contributed by atoms with Gasteiger partial charge in [-0.1, -0.05) is 23.7 Å². The molecule has 0 fully saturated rings. The number of carboxylic acid groups (broad SMARTS) is 2. The van der Waals surface area contributed by atoms with E-state index in [1.165, 1.54) is 37.3 Å². The van der Waals surface area contributed by atoms with Crippen LogP contribution in [0.5, 0.6) is 5.75 Å². The zero-order valence-electron chi connectivity index (χ0n) is 16.0. The number of carboxylic acids is 2. The first-order valence-corrected chi connectivity index (χ1v) is 9.38. The molecule has 0 unspecified atom stereocenters.